The summed E-state index contributed by atoms with van der Waals surface area (Å²) in [5, 5.41) is 2.82. The van der Waals surface area contributed by atoms with Gasteiger partial charge in [-0.05, 0) is 46.1 Å². The lowest BCUT2D eigenvalue weighted by atomic mass is 10.0. The van der Waals surface area contributed by atoms with Crippen LogP contribution in [0.3, 0.4) is 0 Å². The van der Waals surface area contributed by atoms with Gasteiger partial charge in [-0.15, -0.1) is 0 Å². The first-order valence-corrected chi connectivity index (χ1v) is 8.85. The number of aryl methyl sites for hydroxylation is 1. The Balaban J connectivity index is 2.16. The summed E-state index contributed by atoms with van der Waals surface area (Å²) in [5.74, 6) is 1.00. The van der Waals surface area contributed by atoms with Crippen molar-refractivity contribution in [3.8, 4) is 17.1 Å². The molecule has 2 N–H and O–H groups in total. The molecule has 0 atom stereocenters. The lowest BCUT2D eigenvalue weighted by Gasteiger charge is -2.06. The van der Waals surface area contributed by atoms with Crippen molar-refractivity contribution in [2.24, 2.45) is 5.73 Å². The average Bonchev–Trinajstić information content (AvgIpc) is 2.84. The highest BCUT2D eigenvalue weighted by Crippen LogP contribution is 2.40. The van der Waals surface area contributed by atoms with Crippen molar-refractivity contribution in [2.45, 2.75) is 6.42 Å². The maximum absolute atomic E-state index is 11.1. The molecule has 1 heterocycles. The van der Waals surface area contributed by atoms with Gasteiger partial charge in [-0.2, -0.15) is 0 Å². The van der Waals surface area contributed by atoms with Gasteiger partial charge in [0.2, 0.25) is 0 Å². The molecule has 1 aromatic heterocycles. The number of rotatable bonds is 4. The summed E-state index contributed by atoms with van der Waals surface area (Å²) < 4.78 is 11.6. The van der Waals surface area contributed by atoms with E-state index in [1.54, 1.807) is 12.1 Å². The van der Waals surface area contributed by atoms with Gasteiger partial charge in [-0.25, -0.2) is 4.79 Å². The highest BCUT2D eigenvalue weighted by atomic mass is 79.9. The normalized spacial score (nSPS) is 10.9. The zero-order chi connectivity index (χ0) is 16.4. The lowest BCUT2D eigenvalue weighted by molar-refractivity contribution is 0.211. The van der Waals surface area contributed by atoms with Crippen LogP contribution in [-0.4, -0.2) is 11.4 Å². The van der Waals surface area contributed by atoms with Crippen LogP contribution in [-0.2, 0) is 6.42 Å². The van der Waals surface area contributed by atoms with Crippen molar-refractivity contribution in [2.75, 3.05) is 5.33 Å². The second kappa shape index (κ2) is 6.76. The van der Waals surface area contributed by atoms with Crippen molar-refractivity contribution in [1.29, 1.82) is 0 Å². The van der Waals surface area contributed by atoms with Crippen LogP contribution in [0.2, 0.25) is 0 Å². The second-order valence-corrected chi connectivity index (χ2v) is 6.45. The number of benzene rings is 2. The van der Waals surface area contributed by atoms with E-state index >= 15 is 0 Å². The highest BCUT2D eigenvalue weighted by Gasteiger charge is 2.18. The minimum absolute atomic E-state index is 0.368. The molecule has 0 aliphatic heterocycles. The number of carbonyl (C=O) groups excluding carboxylic acids is 1. The minimum atomic E-state index is -0.855. The van der Waals surface area contributed by atoms with Crippen LogP contribution in [0.25, 0.3) is 22.1 Å². The van der Waals surface area contributed by atoms with Gasteiger partial charge >= 0.3 is 6.09 Å². The number of carbonyl (C=O) groups is 1. The Labute approximate surface area is 149 Å². The molecule has 1 amide bonds. The van der Waals surface area contributed by atoms with Gasteiger partial charge in [0, 0.05) is 16.1 Å². The second-order valence-electron chi connectivity index (χ2n) is 4.94. The summed E-state index contributed by atoms with van der Waals surface area (Å²) in [6.07, 6.45) is 0.0801. The molecule has 0 fully saturated rings. The van der Waals surface area contributed by atoms with Crippen LogP contribution in [0.5, 0.6) is 5.75 Å². The average molecular weight is 439 g/mol. The van der Waals surface area contributed by atoms with E-state index in [4.69, 9.17) is 14.9 Å². The number of alkyl halides is 1. The summed E-state index contributed by atoms with van der Waals surface area (Å²) in [4.78, 5) is 11.1. The third kappa shape index (κ3) is 3.28. The van der Waals surface area contributed by atoms with Crippen LogP contribution >= 0.6 is 31.9 Å². The molecule has 6 heteroatoms. The molecule has 118 valence electrons. The number of furan rings is 1. The number of ether oxygens (including phenoxy) is 1. The van der Waals surface area contributed by atoms with Crippen LogP contribution < -0.4 is 10.5 Å². The number of halogens is 2. The summed E-state index contributed by atoms with van der Waals surface area (Å²) in [6.45, 7) is 0. The standard InChI is InChI=1S/C17H13Br2NO3/c18-8-7-10-5-6-11-13(9-10)16(19)23-15(11)12-3-1-2-4-14(12)22-17(20)21/h1-6,9H,7-8H2,(H2,20,21). The Morgan fingerprint density at radius 1 is 1.17 bits per heavy atom. The van der Waals surface area contributed by atoms with E-state index in [9.17, 15) is 4.79 Å². The van der Waals surface area contributed by atoms with E-state index in [0.29, 0.717) is 21.7 Å². The van der Waals surface area contributed by atoms with Gasteiger partial charge in [-0.1, -0.05) is 40.2 Å². The number of amides is 1. The molecule has 4 nitrogen and oxygen atoms in total. The van der Waals surface area contributed by atoms with Gasteiger partial charge < -0.3 is 14.9 Å². The zero-order valence-corrected chi connectivity index (χ0v) is 15.2. The Kier molecular flexibility index (Phi) is 4.73. The Morgan fingerprint density at radius 2 is 1.96 bits per heavy atom. The summed E-state index contributed by atoms with van der Waals surface area (Å²) in [7, 11) is 0. The van der Waals surface area contributed by atoms with Crippen molar-refractivity contribution < 1.29 is 13.9 Å². The summed E-state index contributed by atoms with van der Waals surface area (Å²) >= 11 is 6.91. The largest absolute Gasteiger partial charge is 0.448 e. The Bertz CT molecular complexity index is 873. The molecule has 2 aromatic carbocycles. The van der Waals surface area contributed by atoms with E-state index in [0.717, 1.165) is 22.5 Å². The quantitative estimate of drug-likeness (QED) is 0.565. The van der Waals surface area contributed by atoms with Crippen molar-refractivity contribution in [1.82, 2.24) is 0 Å². The lowest BCUT2D eigenvalue weighted by Crippen LogP contribution is -2.16. The van der Waals surface area contributed by atoms with Crippen LogP contribution in [0.15, 0.2) is 51.6 Å². The van der Waals surface area contributed by atoms with Gasteiger partial charge in [0.25, 0.3) is 0 Å². The predicted octanol–water partition coefficient (Wildman–Crippen LogP) is 5.26. The SMILES string of the molecule is NC(=O)Oc1ccccc1-c1oc(Br)c2cc(CCBr)ccc12. The topological polar surface area (TPSA) is 65.5 Å². The molecule has 0 unspecified atom stereocenters. The van der Waals surface area contributed by atoms with E-state index in [1.165, 1.54) is 5.56 Å². The van der Waals surface area contributed by atoms with Crippen molar-refractivity contribution in [3.05, 3.63) is 52.7 Å². The monoisotopic (exact) mass is 437 g/mol. The van der Waals surface area contributed by atoms with Gasteiger partial charge in [0.05, 0.1) is 5.56 Å². The van der Waals surface area contributed by atoms with Gasteiger partial charge in [-0.3, -0.25) is 0 Å². The number of hydrogen-bond acceptors (Lipinski definition) is 3. The minimum Gasteiger partial charge on any atom is -0.448 e. The molecule has 0 saturated carbocycles. The first kappa shape index (κ1) is 16.1. The number of primary amides is 1. The predicted molar refractivity (Wildman–Crippen MR) is 97.1 cm³/mol. The van der Waals surface area contributed by atoms with Crippen LogP contribution in [0.4, 0.5) is 4.79 Å². The molecule has 0 bridgehead atoms. The number of para-hydroxylation sites is 1. The van der Waals surface area contributed by atoms with Crippen LogP contribution in [0, 0.1) is 0 Å². The smallest absolute Gasteiger partial charge is 0.409 e. The van der Waals surface area contributed by atoms with E-state index in [-0.39, 0.29) is 0 Å². The third-order valence-electron chi connectivity index (χ3n) is 3.46. The fraction of sp³-hybridized carbons (Fsp3) is 0.118. The zero-order valence-electron chi connectivity index (χ0n) is 12.0. The Hall–Kier alpha value is -1.79. The maximum Gasteiger partial charge on any atom is 0.409 e. The molecule has 0 aliphatic carbocycles. The Morgan fingerprint density at radius 3 is 2.70 bits per heavy atom. The van der Waals surface area contributed by atoms with E-state index in [2.05, 4.69) is 44.0 Å². The molecule has 0 aliphatic rings. The number of fused-ring (bicyclic) bond motifs is 1. The first-order valence-electron chi connectivity index (χ1n) is 6.93. The number of hydrogen-bond donors (Lipinski definition) is 1. The fourth-order valence-electron chi connectivity index (χ4n) is 2.47. The molecule has 3 aromatic rings. The molecule has 3 rings (SSSR count). The maximum atomic E-state index is 11.1. The van der Waals surface area contributed by atoms with E-state index in [1.807, 2.05) is 18.2 Å². The molecule has 23 heavy (non-hydrogen) atoms. The summed E-state index contributed by atoms with van der Waals surface area (Å²) in [5.41, 5.74) is 7.03. The summed E-state index contributed by atoms with van der Waals surface area (Å²) in [6, 6.07) is 13.3. The molecule has 0 radical (unpaired) electrons. The highest BCUT2D eigenvalue weighted by molar-refractivity contribution is 9.10. The third-order valence-corrected chi connectivity index (χ3v) is 4.44. The molecule has 0 spiro atoms. The molecular formula is C17H13Br2NO3. The van der Waals surface area contributed by atoms with Crippen molar-refractivity contribution >= 4 is 48.7 Å². The fourth-order valence-corrected chi connectivity index (χ4v) is 3.42. The first-order chi connectivity index (χ1) is 11.1. The molecular weight excluding hydrogens is 426 g/mol. The van der Waals surface area contributed by atoms with Crippen molar-refractivity contribution in [3.63, 3.8) is 0 Å². The van der Waals surface area contributed by atoms with Gasteiger partial charge in [0.1, 0.15) is 11.5 Å². The van der Waals surface area contributed by atoms with E-state index < -0.39 is 6.09 Å². The van der Waals surface area contributed by atoms with Crippen LogP contribution in [0.1, 0.15) is 5.56 Å². The van der Waals surface area contributed by atoms with Gasteiger partial charge in [0.15, 0.2) is 4.67 Å². The number of nitrogens with two attached hydrogens (primary N) is 1. The molecule has 0 saturated heterocycles.